The molecule has 0 N–H and O–H groups in total. The highest BCUT2D eigenvalue weighted by molar-refractivity contribution is 5.57. The number of rotatable bonds is 2. The summed E-state index contributed by atoms with van der Waals surface area (Å²) in [5.41, 5.74) is 0. The van der Waals surface area contributed by atoms with E-state index in [1.807, 2.05) is 13.1 Å². The Morgan fingerprint density at radius 1 is 1.33 bits per heavy atom. The van der Waals surface area contributed by atoms with Crippen LogP contribution in [0.2, 0.25) is 0 Å². The zero-order chi connectivity index (χ0) is 7.54. The summed E-state index contributed by atoms with van der Waals surface area (Å²) in [5, 5.41) is 0. The summed E-state index contributed by atoms with van der Waals surface area (Å²) >= 11 is 0. The van der Waals surface area contributed by atoms with Gasteiger partial charge in [-0.3, -0.25) is 4.99 Å². The summed E-state index contributed by atoms with van der Waals surface area (Å²) in [6, 6.07) is 0. The molecule has 0 saturated heterocycles. The molecule has 1 nitrogen and oxygen atoms in total. The van der Waals surface area contributed by atoms with Crippen LogP contribution < -0.4 is 0 Å². The number of hydrogen-bond acceptors (Lipinski definition) is 1. The van der Waals surface area contributed by atoms with E-state index in [1.54, 1.807) is 0 Å². The summed E-state index contributed by atoms with van der Waals surface area (Å²) in [6.07, 6.45) is 5.59. The van der Waals surface area contributed by atoms with Crippen molar-refractivity contribution in [2.45, 2.75) is 33.6 Å². The minimum Gasteiger partial charge on any atom is -0.270 e. The highest BCUT2D eigenvalue weighted by atomic mass is 14.6. The van der Waals surface area contributed by atoms with Gasteiger partial charge < -0.3 is 0 Å². The van der Waals surface area contributed by atoms with E-state index in [-0.39, 0.29) is 0 Å². The van der Waals surface area contributed by atoms with Crippen molar-refractivity contribution in [3.05, 3.63) is 12.8 Å². The smallest absolute Gasteiger partial charge is 0.0191 e. The Morgan fingerprint density at radius 3 is 1.89 bits per heavy atom. The van der Waals surface area contributed by atoms with Gasteiger partial charge in [-0.15, -0.1) is 0 Å². The van der Waals surface area contributed by atoms with Gasteiger partial charge >= 0.3 is 0 Å². The molecule has 0 unspecified atom stereocenters. The molecule has 9 heavy (non-hydrogen) atoms. The van der Waals surface area contributed by atoms with Crippen molar-refractivity contribution in [3.8, 4) is 0 Å². The molecule has 0 aliphatic heterocycles. The van der Waals surface area contributed by atoms with Crippen molar-refractivity contribution >= 4 is 6.21 Å². The number of nitrogens with zero attached hydrogens (tertiary/aromatic N) is 1. The predicted molar refractivity (Wildman–Crippen MR) is 44.9 cm³/mol. The second kappa shape index (κ2) is 15.7. The van der Waals surface area contributed by atoms with E-state index in [4.69, 9.17) is 0 Å². The normalized spacial score (nSPS) is 8.33. The van der Waals surface area contributed by atoms with E-state index in [2.05, 4.69) is 25.4 Å². The second-order valence-electron chi connectivity index (χ2n) is 1.63. The Bertz CT molecular complexity index is 65.0. The highest BCUT2D eigenvalue weighted by Gasteiger charge is 1.55. The van der Waals surface area contributed by atoms with E-state index in [9.17, 15) is 0 Å². The van der Waals surface area contributed by atoms with Crippen molar-refractivity contribution in [2.75, 3.05) is 0 Å². The topological polar surface area (TPSA) is 12.4 Å². The SMILES string of the molecule is C=CN=CCC.CCC. The minimum atomic E-state index is 0.992. The number of aliphatic imine (C=N–C) groups is 1. The van der Waals surface area contributed by atoms with Gasteiger partial charge in [0.25, 0.3) is 0 Å². The Labute approximate surface area is 58.5 Å². The molecule has 0 amide bonds. The van der Waals surface area contributed by atoms with Crippen LogP contribution in [0.25, 0.3) is 0 Å². The van der Waals surface area contributed by atoms with Crippen molar-refractivity contribution in [2.24, 2.45) is 4.99 Å². The molecule has 0 rings (SSSR count). The van der Waals surface area contributed by atoms with Crippen LogP contribution in [0.1, 0.15) is 33.6 Å². The molecule has 0 atom stereocenters. The van der Waals surface area contributed by atoms with Gasteiger partial charge in [0.15, 0.2) is 0 Å². The molecule has 0 fully saturated rings. The van der Waals surface area contributed by atoms with Crippen LogP contribution in [0.15, 0.2) is 17.8 Å². The standard InChI is InChI=1S/C5H9N.C3H8/c1-3-5-6-4-2;1-3-2/h4-5H,2-3H2,1H3;3H2,1-2H3. The molecule has 0 aromatic carbocycles. The fourth-order valence-corrected chi connectivity index (χ4v) is 0.180. The Balaban J connectivity index is 0. The van der Waals surface area contributed by atoms with Gasteiger partial charge in [0.05, 0.1) is 0 Å². The third-order valence-corrected chi connectivity index (χ3v) is 0.393. The largest absolute Gasteiger partial charge is 0.270 e. The first-order chi connectivity index (χ1) is 4.33. The summed E-state index contributed by atoms with van der Waals surface area (Å²) in [6.45, 7) is 9.68. The quantitative estimate of drug-likeness (QED) is 0.505. The van der Waals surface area contributed by atoms with Crippen LogP contribution in [0.4, 0.5) is 0 Å². The molecule has 0 bridgehead atoms. The van der Waals surface area contributed by atoms with Crippen molar-refractivity contribution in [3.63, 3.8) is 0 Å². The Hall–Kier alpha value is -0.590. The van der Waals surface area contributed by atoms with E-state index in [0.717, 1.165) is 6.42 Å². The molecule has 0 aliphatic carbocycles. The third-order valence-electron chi connectivity index (χ3n) is 0.393. The molecular formula is C8H17N. The molecule has 0 radical (unpaired) electrons. The van der Waals surface area contributed by atoms with Gasteiger partial charge in [-0.25, -0.2) is 0 Å². The number of hydrogen-bond donors (Lipinski definition) is 0. The molecule has 0 spiro atoms. The van der Waals surface area contributed by atoms with Crippen LogP contribution in [-0.4, -0.2) is 6.21 Å². The molecule has 0 saturated carbocycles. The zero-order valence-electron chi connectivity index (χ0n) is 6.72. The van der Waals surface area contributed by atoms with Crippen LogP contribution in [0.3, 0.4) is 0 Å². The average molecular weight is 127 g/mol. The zero-order valence-corrected chi connectivity index (χ0v) is 6.72. The second-order valence-corrected chi connectivity index (χ2v) is 1.63. The predicted octanol–water partition coefficient (Wildman–Crippen LogP) is 3.03. The van der Waals surface area contributed by atoms with Crippen LogP contribution in [0.5, 0.6) is 0 Å². The van der Waals surface area contributed by atoms with Crippen molar-refractivity contribution in [1.82, 2.24) is 0 Å². The maximum absolute atomic E-state index is 3.73. The van der Waals surface area contributed by atoms with Gasteiger partial charge in [-0.2, -0.15) is 0 Å². The average Bonchev–Trinajstić information content (AvgIpc) is 1.86. The van der Waals surface area contributed by atoms with E-state index in [0.29, 0.717) is 0 Å². The summed E-state index contributed by atoms with van der Waals surface area (Å²) in [4.78, 5) is 3.73. The summed E-state index contributed by atoms with van der Waals surface area (Å²) < 4.78 is 0. The first-order valence-corrected chi connectivity index (χ1v) is 3.45. The lowest BCUT2D eigenvalue weighted by Gasteiger charge is -1.68. The maximum Gasteiger partial charge on any atom is 0.0191 e. The van der Waals surface area contributed by atoms with Crippen LogP contribution in [-0.2, 0) is 0 Å². The van der Waals surface area contributed by atoms with Gasteiger partial charge in [0.1, 0.15) is 0 Å². The minimum absolute atomic E-state index is 0.992. The van der Waals surface area contributed by atoms with Gasteiger partial charge in [-0.1, -0.05) is 33.8 Å². The molecule has 0 heterocycles. The summed E-state index contributed by atoms with van der Waals surface area (Å²) in [5.74, 6) is 0. The lowest BCUT2D eigenvalue weighted by Crippen LogP contribution is -1.59. The lowest BCUT2D eigenvalue weighted by atomic mass is 10.5. The molecule has 1 heteroatoms. The fraction of sp³-hybridized carbons (Fsp3) is 0.625. The van der Waals surface area contributed by atoms with Gasteiger partial charge in [0.2, 0.25) is 0 Å². The van der Waals surface area contributed by atoms with Gasteiger partial charge in [0, 0.05) is 12.4 Å². The summed E-state index contributed by atoms with van der Waals surface area (Å²) in [7, 11) is 0. The Morgan fingerprint density at radius 2 is 1.78 bits per heavy atom. The molecule has 0 aromatic rings. The van der Waals surface area contributed by atoms with E-state index >= 15 is 0 Å². The van der Waals surface area contributed by atoms with Gasteiger partial charge in [-0.05, 0) is 6.42 Å². The molecular weight excluding hydrogens is 110 g/mol. The third kappa shape index (κ3) is 37.3. The first kappa shape index (κ1) is 11.2. The van der Waals surface area contributed by atoms with Crippen LogP contribution in [0, 0.1) is 0 Å². The van der Waals surface area contributed by atoms with E-state index < -0.39 is 0 Å². The van der Waals surface area contributed by atoms with Crippen molar-refractivity contribution in [1.29, 1.82) is 0 Å². The molecule has 0 aliphatic rings. The lowest BCUT2D eigenvalue weighted by molar-refractivity contribution is 1.09. The monoisotopic (exact) mass is 127 g/mol. The first-order valence-electron chi connectivity index (χ1n) is 3.45. The molecule has 0 aromatic heterocycles. The van der Waals surface area contributed by atoms with Crippen LogP contribution >= 0.6 is 0 Å². The Kier molecular flexibility index (Phi) is 19.5. The molecule has 54 valence electrons. The fourth-order valence-electron chi connectivity index (χ4n) is 0.180. The maximum atomic E-state index is 3.73. The van der Waals surface area contributed by atoms with E-state index in [1.165, 1.54) is 12.6 Å². The highest BCUT2D eigenvalue weighted by Crippen LogP contribution is 1.67. The van der Waals surface area contributed by atoms with Crippen molar-refractivity contribution < 1.29 is 0 Å².